The summed E-state index contributed by atoms with van der Waals surface area (Å²) in [7, 11) is 0. The Balaban J connectivity index is 2.98. The summed E-state index contributed by atoms with van der Waals surface area (Å²) >= 11 is 0. The third-order valence-corrected chi connectivity index (χ3v) is 2.56. The van der Waals surface area contributed by atoms with Gasteiger partial charge in [-0.3, -0.25) is 0 Å². The van der Waals surface area contributed by atoms with E-state index in [1.165, 1.54) is 17.0 Å². The Morgan fingerprint density at radius 2 is 2.07 bits per heavy atom. The van der Waals surface area contributed by atoms with Gasteiger partial charge in [0.15, 0.2) is 0 Å². The molecule has 2 heteroatoms. The molecule has 84 valence electrons. The molecule has 1 aromatic heterocycles. The van der Waals surface area contributed by atoms with Gasteiger partial charge in [-0.05, 0) is 31.4 Å². The van der Waals surface area contributed by atoms with E-state index in [1.54, 1.807) is 6.08 Å². The van der Waals surface area contributed by atoms with Gasteiger partial charge in [-0.1, -0.05) is 26.0 Å². The molecule has 0 fully saturated rings. The van der Waals surface area contributed by atoms with E-state index in [-0.39, 0.29) is 6.61 Å². The van der Waals surface area contributed by atoms with Crippen LogP contribution in [-0.4, -0.2) is 16.3 Å². The highest BCUT2D eigenvalue weighted by molar-refractivity contribution is 5.53. The lowest BCUT2D eigenvalue weighted by Gasteiger charge is -2.11. The van der Waals surface area contributed by atoms with Gasteiger partial charge in [-0.25, -0.2) is 0 Å². The zero-order valence-corrected chi connectivity index (χ0v) is 10.1. The first kappa shape index (κ1) is 12.1. The highest BCUT2D eigenvalue weighted by Gasteiger charge is 2.07. The normalized spacial score (nSPS) is 11.9. The molecule has 15 heavy (non-hydrogen) atoms. The second kappa shape index (κ2) is 5.17. The van der Waals surface area contributed by atoms with E-state index < -0.39 is 0 Å². The summed E-state index contributed by atoms with van der Waals surface area (Å²) < 4.78 is 2.34. The lowest BCUT2D eigenvalue weighted by molar-refractivity contribution is 0.343. The van der Waals surface area contributed by atoms with Crippen LogP contribution in [0.15, 0.2) is 12.1 Å². The van der Waals surface area contributed by atoms with E-state index in [0.717, 1.165) is 6.54 Å². The zero-order valence-electron chi connectivity index (χ0n) is 10.1. The standard InChI is InChI=1S/C13H21NO/c1-10(2)9-14-11(3)8-13(12(14)4)6-5-7-15/h5-6,8,10,15H,7,9H2,1-4H3/b6-5+. The maximum absolute atomic E-state index is 8.75. The minimum atomic E-state index is 0.105. The quantitative estimate of drug-likeness (QED) is 0.807. The fraction of sp³-hybridized carbons (Fsp3) is 0.538. The smallest absolute Gasteiger partial charge is 0.0615 e. The summed E-state index contributed by atoms with van der Waals surface area (Å²) in [5, 5.41) is 8.75. The molecule has 0 saturated carbocycles. The van der Waals surface area contributed by atoms with Crippen molar-refractivity contribution in [2.45, 2.75) is 34.2 Å². The van der Waals surface area contributed by atoms with Crippen molar-refractivity contribution < 1.29 is 5.11 Å². The molecule has 0 amide bonds. The summed E-state index contributed by atoms with van der Waals surface area (Å²) in [6.45, 7) is 9.88. The molecule has 0 aliphatic rings. The fourth-order valence-corrected chi connectivity index (χ4v) is 1.82. The monoisotopic (exact) mass is 207 g/mol. The molecule has 0 aliphatic carbocycles. The fourth-order valence-electron chi connectivity index (χ4n) is 1.82. The second-order valence-electron chi connectivity index (χ2n) is 4.42. The van der Waals surface area contributed by atoms with Crippen LogP contribution in [0.5, 0.6) is 0 Å². The van der Waals surface area contributed by atoms with Gasteiger partial charge >= 0.3 is 0 Å². The van der Waals surface area contributed by atoms with E-state index >= 15 is 0 Å². The van der Waals surface area contributed by atoms with Gasteiger partial charge in [0.2, 0.25) is 0 Å². The molecule has 0 radical (unpaired) electrons. The number of rotatable bonds is 4. The van der Waals surface area contributed by atoms with E-state index in [1.807, 2.05) is 6.08 Å². The van der Waals surface area contributed by atoms with Gasteiger partial charge in [0, 0.05) is 17.9 Å². The van der Waals surface area contributed by atoms with Crippen LogP contribution in [0.2, 0.25) is 0 Å². The number of aryl methyl sites for hydroxylation is 1. The van der Waals surface area contributed by atoms with Crippen molar-refractivity contribution in [1.82, 2.24) is 4.57 Å². The van der Waals surface area contributed by atoms with Crippen molar-refractivity contribution in [3.63, 3.8) is 0 Å². The van der Waals surface area contributed by atoms with E-state index in [0.29, 0.717) is 5.92 Å². The Morgan fingerprint density at radius 1 is 1.40 bits per heavy atom. The van der Waals surface area contributed by atoms with Gasteiger partial charge in [-0.2, -0.15) is 0 Å². The van der Waals surface area contributed by atoms with Crippen LogP contribution in [0.3, 0.4) is 0 Å². The summed E-state index contributed by atoms with van der Waals surface area (Å²) in [6, 6.07) is 2.17. The minimum Gasteiger partial charge on any atom is -0.392 e. The lowest BCUT2D eigenvalue weighted by Crippen LogP contribution is -2.07. The molecule has 0 spiro atoms. The van der Waals surface area contributed by atoms with Crippen LogP contribution in [0.1, 0.15) is 30.8 Å². The largest absolute Gasteiger partial charge is 0.392 e. The highest BCUT2D eigenvalue weighted by Crippen LogP contribution is 2.18. The molecular formula is C13H21NO. The van der Waals surface area contributed by atoms with Crippen molar-refractivity contribution in [2.24, 2.45) is 5.92 Å². The van der Waals surface area contributed by atoms with E-state index in [4.69, 9.17) is 5.11 Å². The van der Waals surface area contributed by atoms with Gasteiger partial charge in [0.1, 0.15) is 0 Å². The molecule has 1 N–H and O–H groups in total. The van der Waals surface area contributed by atoms with E-state index in [2.05, 4.69) is 38.3 Å². The molecule has 0 saturated heterocycles. The molecule has 0 unspecified atom stereocenters. The SMILES string of the molecule is Cc1cc(/C=C/CO)c(C)n1CC(C)C. The molecule has 0 bridgehead atoms. The average molecular weight is 207 g/mol. The Morgan fingerprint density at radius 3 is 2.60 bits per heavy atom. The summed E-state index contributed by atoms with van der Waals surface area (Å²) in [5.74, 6) is 0.657. The second-order valence-corrected chi connectivity index (χ2v) is 4.42. The Bertz CT molecular complexity index is 348. The number of hydrogen-bond acceptors (Lipinski definition) is 1. The molecule has 1 aromatic rings. The van der Waals surface area contributed by atoms with Crippen LogP contribution >= 0.6 is 0 Å². The number of aromatic nitrogens is 1. The number of hydrogen-bond donors (Lipinski definition) is 1. The summed E-state index contributed by atoms with van der Waals surface area (Å²) in [5.41, 5.74) is 3.78. The molecule has 2 nitrogen and oxygen atoms in total. The van der Waals surface area contributed by atoms with Gasteiger partial charge in [0.25, 0.3) is 0 Å². The highest BCUT2D eigenvalue weighted by atomic mass is 16.2. The Kier molecular flexibility index (Phi) is 4.15. The van der Waals surface area contributed by atoms with Gasteiger partial charge in [-0.15, -0.1) is 0 Å². The predicted octanol–water partition coefficient (Wildman–Crippen LogP) is 2.77. The first-order valence-corrected chi connectivity index (χ1v) is 5.50. The van der Waals surface area contributed by atoms with Crippen molar-refractivity contribution >= 4 is 6.08 Å². The van der Waals surface area contributed by atoms with Gasteiger partial charge < -0.3 is 9.67 Å². The number of nitrogens with zero attached hydrogens (tertiary/aromatic N) is 1. The molecule has 0 aromatic carbocycles. The van der Waals surface area contributed by atoms with Crippen LogP contribution in [-0.2, 0) is 6.54 Å². The maximum Gasteiger partial charge on any atom is 0.0615 e. The van der Waals surface area contributed by atoms with Crippen LogP contribution in [0.4, 0.5) is 0 Å². The molecular weight excluding hydrogens is 186 g/mol. The van der Waals surface area contributed by atoms with Crippen LogP contribution in [0.25, 0.3) is 6.08 Å². The molecule has 0 atom stereocenters. The average Bonchev–Trinajstić information content (AvgIpc) is 2.42. The molecule has 0 aliphatic heterocycles. The molecule has 1 heterocycles. The molecule has 1 rings (SSSR count). The third-order valence-electron chi connectivity index (χ3n) is 2.56. The minimum absolute atomic E-state index is 0.105. The van der Waals surface area contributed by atoms with Crippen molar-refractivity contribution in [3.8, 4) is 0 Å². The predicted molar refractivity (Wildman–Crippen MR) is 64.9 cm³/mol. The number of aliphatic hydroxyl groups is 1. The first-order chi connectivity index (χ1) is 7.06. The van der Waals surface area contributed by atoms with Crippen LogP contribution < -0.4 is 0 Å². The van der Waals surface area contributed by atoms with E-state index in [9.17, 15) is 0 Å². The van der Waals surface area contributed by atoms with Crippen molar-refractivity contribution in [3.05, 3.63) is 29.1 Å². The summed E-state index contributed by atoms with van der Waals surface area (Å²) in [4.78, 5) is 0. The summed E-state index contributed by atoms with van der Waals surface area (Å²) in [6.07, 6.45) is 3.76. The van der Waals surface area contributed by atoms with Crippen LogP contribution in [0, 0.1) is 19.8 Å². The van der Waals surface area contributed by atoms with Crippen molar-refractivity contribution in [2.75, 3.05) is 6.61 Å². The van der Waals surface area contributed by atoms with Crippen molar-refractivity contribution in [1.29, 1.82) is 0 Å². The first-order valence-electron chi connectivity index (χ1n) is 5.50. The zero-order chi connectivity index (χ0) is 11.4. The number of aliphatic hydroxyl groups excluding tert-OH is 1. The van der Waals surface area contributed by atoms with Gasteiger partial charge in [0.05, 0.1) is 6.61 Å². The third kappa shape index (κ3) is 2.96. The Hall–Kier alpha value is -1.02. The maximum atomic E-state index is 8.75. The topological polar surface area (TPSA) is 25.2 Å². The lowest BCUT2D eigenvalue weighted by atomic mass is 10.2. The Labute approximate surface area is 92.2 Å².